The maximum atomic E-state index is 10.9. The Labute approximate surface area is 120 Å². The van der Waals surface area contributed by atoms with E-state index in [4.69, 9.17) is 0 Å². The number of rotatable bonds is 4. The molecule has 5 rings (SSSR count). The molecule has 1 aromatic heterocycles. The topological polar surface area (TPSA) is 50.9 Å². The fraction of sp³-hybridized carbons (Fsp3) is 0.875. The molecule has 0 spiro atoms. The molecule has 4 heteroatoms. The number of aryl methyl sites for hydroxylation is 1. The van der Waals surface area contributed by atoms with Gasteiger partial charge in [0.2, 0.25) is 0 Å². The fourth-order valence-corrected chi connectivity index (χ4v) is 5.56. The molecule has 4 aliphatic rings. The van der Waals surface area contributed by atoms with Crippen LogP contribution < -0.4 is 0 Å². The Morgan fingerprint density at radius 1 is 1.20 bits per heavy atom. The average Bonchev–Trinajstić information content (AvgIpc) is 2.86. The summed E-state index contributed by atoms with van der Waals surface area (Å²) in [5, 5.41) is 19.1. The van der Waals surface area contributed by atoms with E-state index in [2.05, 4.69) is 17.2 Å². The molecule has 0 aromatic carbocycles. The quantitative estimate of drug-likeness (QED) is 0.919. The molecule has 4 saturated carbocycles. The standard InChI is InChI=1S/C16H25N3O/c1-2-3-19-14(9-17-18-19)16(20)15-12-5-10-4-11(7-12)8-13(15)6-10/h9-13,15-16,20H,2-8H2,1H3. The lowest BCUT2D eigenvalue weighted by Crippen LogP contribution is -2.47. The Bertz CT molecular complexity index is 456. The van der Waals surface area contributed by atoms with Crippen molar-refractivity contribution in [3.05, 3.63) is 11.9 Å². The average molecular weight is 275 g/mol. The largest absolute Gasteiger partial charge is 0.386 e. The molecular weight excluding hydrogens is 250 g/mol. The summed E-state index contributed by atoms with van der Waals surface area (Å²) in [5.41, 5.74) is 0.948. The van der Waals surface area contributed by atoms with E-state index in [0.29, 0.717) is 5.92 Å². The minimum atomic E-state index is -0.355. The van der Waals surface area contributed by atoms with Gasteiger partial charge in [-0.1, -0.05) is 12.1 Å². The summed E-state index contributed by atoms with van der Waals surface area (Å²) in [6.45, 7) is 3.00. The van der Waals surface area contributed by atoms with E-state index in [0.717, 1.165) is 42.3 Å². The Morgan fingerprint density at radius 2 is 1.85 bits per heavy atom. The van der Waals surface area contributed by atoms with E-state index in [1.807, 2.05) is 4.68 Å². The van der Waals surface area contributed by atoms with Crippen LogP contribution in [-0.4, -0.2) is 20.1 Å². The number of aliphatic hydroxyl groups is 1. The zero-order valence-electron chi connectivity index (χ0n) is 12.3. The Morgan fingerprint density at radius 3 is 2.45 bits per heavy atom. The molecule has 0 amide bonds. The highest BCUT2D eigenvalue weighted by atomic mass is 16.3. The predicted molar refractivity (Wildman–Crippen MR) is 75.8 cm³/mol. The monoisotopic (exact) mass is 275 g/mol. The van der Waals surface area contributed by atoms with Crippen LogP contribution in [0.5, 0.6) is 0 Å². The third-order valence-electron chi connectivity index (χ3n) is 6.05. The smallest absolute Gasteiger partial charge is 0.101 e. The first-order chi connectivity index (χ1) is 9.76. The van der Waals surface area contributed by atoms with Crippen LogP contribution in [0.25, 0.3) is 0 Å². The molecule has 0 radical (unpaired) electrons. The molecule has 1 aromatic rings. The first kappa shape index (κ1) is 12.8. The molecule has 4 aliphatic carbocycles. The van der Waals surface area contributed by atoms with Crippen LogP contribution in [0.1, 0.15) is 57.2 Å². The van der Waals surface area contributed by atoms with Crippen molar-refractivity contribution in [1.82, 2.24) is 15.0 Å². The molecule has 4 bridgehead atoms. The van der Waals surface area contributed by atoms with Gasteiger partial charge in [-0.25, -0.2) is 4.68 Å². The highest BCUT2D eigenvalue weighted by molar-refractivity contribution is 5.08. The number of hydrogen-bond acceptors (Lipinski definition) is 3. The zero-order chi connectivity index (χ0) is 13.7. The maximum Gasteiger partial charge on any atom is 0.101 e. The second-order valence-corrected chi connectivity index (χ2v) is 7.33. The van der Waals surface area contributed by atoms with E-state index >= 15 is 0 Å². The molecular formula is C16H25N3O. The highest BCUT2D eigenvalue weighted by Crippen LogP contribution is 2.59. The molecule has 1 heterocycles. The Kier molecular flexibility index (Phi) is 3.09. The third kappa shape index (κ3) is 1.92. The van der Waals surface area contributed by atoms with Crippen molar-refractivity contribution in [3.8, 4) is 0 Å². The van der Waals surface area contributed by atoms with Gasteiger partial charge >= 0.3 is 0 Å². The summed E-state index contributed by atoms with van der Waals surface area (Å²) in [5.74, 6) is 3.86. The summed E-state index contributed by atoms with van der Waals surface area (Å²) in [6.07, 6.45) is 9.33. The fourth-order valence-electron chi connectivity index (χ4n) is 5.56. The van der Waals surface area contributed by atoms with Crippen LogP contribution >= 0.6 is 0 Å². The number of hydrogen-bond donors (Lipinski definition) is 1. The van der Waals surface area contributed by atoms with Crippen molar-refractivity contribution >= 4 is 0 Å². The zero-order valence-corrected chi connectivity index (χ0v) is 12.3. The van der Waals surface area contributed by atoms with Gasteiger partial charge < -0.3 is 5.11 Å². The molecule has 0 aliphatic heterocycles. The van der Waals surface area contributed by atoms with E-state index in [1.165, 1.54) is 32.1 Å². The second kappa shape index (κ2) is 4.83. The van der Waals surface area contributed by atoms with Crippen LogP contribution in [0.15, 0.2) is 6.20 Å². The van der Waals surface area contributed by atoms with Gasteiger partial charge in [-0.05, 0) is 68.1 Å². The van der Waals surface area contributed by atoms with Crippen LogP contribution in [0.3, 0.4) is 0 Å². The van der Waals surface area contributed by atoms with Crippen molar-refractivity contribution < 1.29 is 5.11 Å². The molecule has 4 nitrogen and oxygen atoms in total. The molecule has 1 unspecified atom stereocenters. The van der Waals surface area contributed by atoms with Crippen molar-refractivity contribution in [1.29, 1.82) is 0 Å². The SMILES string of the molecule is CCCn1nncc1C(O)C1C2CC3CC(C2)CC1C3. The lowest BCUT2D eigenvalue weighted by atomic mass is 9.50. The second-order valence-electron chi connectivity index (χ2n) is 7.33. The highest BCUT2D eigenvalue weighted by Gasteiger charge is 2.51. The summed E-state index contributed by atoms with van der Waals surface area (Å²) in [6, 6.07) is 0. The maximum absolute atomic E-state index is 10.9. The minimum absolute atomic E-state index is 0.355. The van der Waals surface area contributed by atoms with Gasteiger partial charge in [-0.15, -0.1) is 5.10 Å². The Balaban J connectivity index is 1.59. The van der Waals surface area contributed by atoms with E-state index < -0.39 is 0 Å². The molecule has 0 saturated heterocycles. The first-order valence-corrected chi connectivity index (χ1v) is 8.32. The number of nitrogens with zero attached hydrogens (tertiary/aromatic N) is 3. The summed E-state index contributed by atoms with van der Waals surface area (Å²) < 4.78 is 1.91. The van der Waals surface area contributed by atoms with Crippen molar-refractivity contribution in [2.75, 3.05) is 0 Å². The molecule has 20 heavy (non-hydrogen) atoms. The van der Waals surface area contributed by atoms with Gasteiger partial charge in [0, 0.05) is 6.54 Å². The van der Waals surface area contributed by atoms with Gasteiger partial charge in [-0.3, -0.25) is 0 Å². The van der Waals surface area contributed by atoms with Crippen LogP contribution in [0.2, 0.25) is 0 Å². The van der Waals surface area contributed by atoms with Crippen LogP contribution in [-0.2, 0) is 6.54 Å². The minimum Gasteiger partial charge on any atom is -0.386 e. The van der Waals surface area contributed by atoms with E-state index in [1.54, 1.807) is 6.20 Å². The van der Waals surface area contributed by atoms with Gasteiger partial charge in [0.15, 0.2) is 0 Å². The lowest BCUT2D eigenvalue weighted by molar-refractivity contribution is -0.0929. The number of aromatic nitrogens is 3. The summed E-state index contributed by atoms with van der Waals surface area (Å²) >= 11 is 0. The molecule has 1 atom stereocenters. The molecule has 1 N–H and O–H groups in total. The van der Waals surface area contributed by atoms with Crippen molar-refractivity contribution in [2.24, 2.45) is 29.6 Å². The van der Waals surface area contributed by atoms with E-state index in [-0.39, 0.29) is 6.10 Å². The summed E-state index contributed by atoms with van der Waals surface area (Å²) in [7, 11) is 0. The van der Waals surface area contributed by atoms with Gasteiger partial charge in [-0.2, -0.15) is 0 Å². The first-order valence-electron chi connectivity index (χ1n) is 8.32. The van der Waals surface area contributed by atoms with Gasteiger partial charge in [0.1, 0.15) is 6.10 Å². The van der Waals surface area contributed by atoms with Crippen molar-refractivity contribution in [2.45, 2.75) is 58.1 Å². The third-order valence-corrected chi connectivity index (χ3v) is 6.05. The predicted octanol–water partition coefficient (Wildman–Crippen LogP) is 2.79. The van der Waals surface area contributed by atoms with Gasteiger partial charge in [0.25, 0.3) is 0 Å². The van der Waals surface area contributed by atoms with Crippen LogP contribution in [0.4, 0.5) is 0 Å². The molecule has 4 fully saturated rings. The Hall–Kier alpha value is -0.900. The van der Waals surface area contributed by atoms with E-state index in [9.17, 15) is 5.11 Å². The molecule has 110 valence electrons. The van der Waals surface area contributed by atoms with Gasteiger partial charge in [0.05, 0.1) is 11.9 Å². The normalized spacial score (nSPS) is 40.2. The van der Waals surface area contributed by atoms with Crippen molar-refractivity contribution in [3.63, 3.8) is 0 Å². The summed E-state index contributed by atoms with van der Waals surface area (Å²) in [4.78, 5) is 0. The van der Waals surface area contributed by atoms with Crippen LogP contribution in [0, 0.1) is 29.6 Å². The lowest BCUT2D eigenvalue weighted by Gasteiger charge is -2.55. The number of aliphatic hydroxyl groups excluding tert-OH is 1.